The number of fused-ring (bicyclic) bond motifs is 1. The number of carbonyl (C=O) groups is 3. The number of rotatable bonds is 10. The fourth-order valence-electron chi connectivity index (χ4n) is 4.96. The Labute approximate surface area is 209 Å². The van der Waals surface area contributed by atoms with Gasteiger partial charge in [0, 0.05) is 29.2 Å². The van der Waals surface area contributed by atoms with Crippen molar-refractivity contribution >= 4 is 40.1 Å². The maximum absolute atomic E-state index is 13.2. The highest BCUT2D eigenvalue weighted by Gasteiger charge is 2.39. The summed E-state index contributed by atoms with van der Waals surface area (Å²) in [6, 6.07) is 6.47. The fraction of sp³-hybridized carbons (Fsp3) is 0.538. The van der Waals surface area contributed by atoms with Crippen LogP contribution in [0.15, 0.2) is 18.2 Å². The second-order valence-electron chi connectivity index (χ2n) is 10.4. The van der Waals surface area contributed by atoms with Crippen molar-refractivity contribution in [1.29, 1.82) is 5.26 Å². The Morgan fingerprint density at radius 2 is 2.06 bits per heavy atom. The first-order valence-electron chi connectivity index (χ1n) is 12.0. The lowest BCUT2D eigenvalue weighted by Crippen LogP contribution is -2.40. The fourth-order valence-corrected chi connectivity index (χ4v) is 5.18. The number of hydrogen-bond acceptors (Lipinski definition) is 5. The third kappa shape index (κ3) is 5.79. The molecule has 1 saturated carbocycles. The van der Waals surface area contributed by atoms with Crippen LogP contribution in [0.1, 0.15) is 62.9 Å². The predicted octanol–water partition coefficient (Wildman–Crippen LogP) is 4.13. The Morgan fingerprint density at radius 3 is 2.66 bits per heavy atom. The van der Waals surface area contributed by atoms with E-state index in [-0.39, 0.29) is 41.9 Å². The molecular formula is C26H31ClN4O4. The van der Waals surface area contributed by atoms with E-state index in [1.54, 1.807) is 25.3 Å². The number of nitrogens with zero attached hydrogens (tertiary/aromatic N) is 1. The van der Waals surface area contributed by atoms with Gasteiger partial charge in [-0.2, -0.15) is 5.26 Å². The number of nitriles is 1. The van der Waals surface area contributed by atoms with Gasteiger partial charge in [0.1, 0.15) is 11.8 Å². The van der Waals surface area contributed by atoms with E-state index >= 15 is 0 Å². The van der Waals surface area contributed by atoms with Gasteiger partial charge < -0.3 is 20.4 Å². The van der Waals surface area contributed by atoms with Gasteiger partial charge in [-0.25, -0.2) is 0 Å². The number of ether oxygens (including phenoxy) is 1. The molecule has 4 rings (SSSR count). The molecule has 0 unspecified atom stereocenters. The van der Waals surface area contributed by atoms with E-state index in [1.807, 2.05) is 13.8 Å². The molecule has 35 heavy (non-hydrogen) atoms. The average Bonchev–Trinajstić information content (AvgIpc) is 3.43. The van der Waals surface area contributed by atoms with Crippen LogP contribution in [0, 0.1) is 29.1 Å². The molecule has 2 amide bonds. The van der Waals surface area contributed by atoms with E-state index in [4.69, 9.17) is 16.3 Å². The van der Waals surface area contributed by atoms with Crippen molar-refractivity contribution in [3.05, 3.63) is 28.9 Å². The third-order valence-corrected chi connectivity index (χ3v) is 7.24. The van der Waals surface area contributed by atoms with Crippen molar-refractivity contribution in [2.24, 2.45) is 17.8 Å². The molecule has 2 aliphatic rings. The topological polar surface area (TPSA) is 124 Å². The summed E-state index contributed by atoms with van der Waals surface area (Å²) >= 11 is 6.29. The minimum atomic E-state index is -0.792. The lowest BCUT2D eigenvalue weighted by molar-refractivity contribution is -0.127. The number of amides is 2. The van der Waals surface area contributed by atoms with Gasteiger partial charge >= 0.3 is 0 Å². The summed E-state index contributed by atoms with van der Waals surface area (Å²) in [5.41, 5.74) is 0.652. The predicted molar refractivity (Wildman–Crippen MR) is 132 cm³/mol. The van der Waals surface area contributed by atoms with E-state index in [9.17, 15) is 19.6 Å². The van der Waals surface area contributed by atoms with Crippen molar-refractivity contribution in [2.45, 2.75) is 64.0 Å². The van der Waals surface area contributed by atoms with Gasteiger partial charge in [-0.1, -0.05) is 24.4 Å². The zero-order valence-electron chi connectivity index (χ0n) is 20.2. The molecule has 3 atom stereocenters. The van der Waals surface area contributed by atoms with Gasteiger partial charge in [-0.15, -0.1) is 0 Å². The monoisotopic (exact) mass is 498 g/mol. The SMILES string of the molecule is COc1ccc(Cl)c2[nH]c(C(=O)C[C@@H](CC3CC3)C(=O)N[C@H](C#N)C[C@@H]3CC(C)(C)NC3=O)cc12. The van der Waals surface area contributed by atoms with E-state index in [0.717, 1.165) is 12.8 Å². The van der Waals surface area contributed by atoms with Crippen LogP contribution in [0.3, 0.4) is 0 Å². The summed E-state index contributed by atoms with van der Waals surface area (Å²) in [5, 5.41) is 16.6. The second kappa shape index (κ2) is 9.90. The van der Waals surface area contributed by atoms with Crippen molar-refractivity contribution in [3.63, 3.8) is 0 Å². The van der Waals surface area contributed by atoms with Gasteiger partial charge in [-0.05, 0) is 57.2 Å². The second-order valence-corrected chi connectivity index (χ2v) is 10.8. The first kappa shape index (κ1) is 25.1. The number of H-pyrrole nitrogens is 1. The lowest BCUT2D eigenvalue weighted by Gasteiger charge is -2.20. The lowest BCUT2D eigenvalue weighted by atomic mass is 9.90. The number of halogens is 1. The molecule has 0 bridgehead atoms. The van der Waals surface area contributed by atoms with Gasteiger partial charge in [-0.3, -0.25) is 14.4 Å². The first-order valence-corrected chi connectivity index (χ1v) is 12.4. The largest absolute Gasteiger partial charge is 0.496 e. The smallest absolute Gasteiger partial charge is 0.224 e. The van der Waals surface area contributed by atoms with Crippen LogP contribution in [-0.2, 0) is 9.59 Å². The Bertz CT molecular complexity index is 1190. The normalized spacial score (nSPS) is 20.7. The van der Waals surface area contributed by atoms with Crippen LogP contribution in [-0.4, -0.2) is 41.3 Å². The molecule has 2 heterocycles. The minimum absolute atomic E-state index is 0.0180. The average molecular weight is 499 g/mol. The molecule has 0 spiro atoms. The number of aromatic amines is 1. The quantitative estimate of drug-likeness (QED) is 0.425. The maximum Gasteiger partial charge on any atom is 0.224 e. The Morgan fingerprint density at radius 1 is 1.31 bits per heavy atom. The van der Waals surface area contributed by atoms with Crippen molar-refractivity contribution in [1.82, 2.24) is 15.6 Å². The van der Waals surface area contributed by atoms with Crippen LogP contribution < -0.4 is 15.4 Å². The zero-order chi connectivity index (χ0) is 25.3. The molecule has 9 heteroatoms. The van der Waals surface area contributed by atoms with Crippen LogP contribution in [0.2, 0.25) is 5.02 Å². The summed E-state index contributed by atoms with van der Waals surface area (Å²) in [4.78, 5) is 41.7. The van der Waals surface area contributed by atoms with E-state index < -0.39 is 12.0 Å². The summed E-state index contributed by atoms with van der Waals surface area (Å²) in [6.07, 6.45) is 3.55. The molecule has 1 aliphatic heterocycles. The van der Waals surface area contributed by atoms with Gasteiger partial charge in [0.05, 0.1) is 29.4 Å². The number of hydrogen-bond donors (Lipinski definition) is 3. The van der Waals surface area contributed by atoms with Crippen LogP contribution in [0.4, 0.5) is 0 Å². The van der Waals surface area contributed by atoms with Crippen molar-refractivity contribution in [3.8, 4) is 11.8 Å². The molecule has 3 N–H and O–H groups in total. The van der Waals surface area contributed by atoms with Crippen LogP contribution in [0.5, 0.6) is 5.75 Å². The van der Waals surface area contributed by atoms with Gasteiger partial charge in [0.15, 0.2) is 5.78 Å². The molecule has 0 radical (unpaired) electrons. The van der Waals surface area contributed by atoms with Crippen molar-refractivity contribution in [2.75, 3.05) is 7.11 Å². The molecule has 1 aromatic carbocycles. The highest BCUT2D eigenvalue weighted by Crippen LogP contribution is 2.37. The standard InChI is InChI=1S/C26H31ClN4O4/c1-26(2)12-16(25(34)31-26)9-17(13-28)29-24(33)15(8-14-4-5-14)10-21(32)20-11-18-22(35-3)7-6-19(27)23(18)30-20/h6-7,11,14-17,30H,4-5,8-10,12H2,1-3H3,(H,29,33)(H,31,34)/t15-,16-,17+/m1/s1. The molecule has 1 aromatic heterocycles. The molecule has 1 aliphatic carbocycles. The number of benzene rings is 1. The molecular weight excluding hydrogens is 468 g/mol. The Hall–Kier alpha value is -3.05. The summed E-state index contributed by atoms with van der Waals surface area (Å²) in [6.45, 7) is 3.88. The summed E-state index contributed by atoms with van der Waals surface area (Å²) in [7, 11) is 1.55. The van der Waals surface area contributed by atoms with Gasteiger partial charge in [0.2, 0.25) is 11.8 Å². The molecule has 186 valence electrons. The molecule has 2 aromatic rings. The summed E-state index contributed by atoms with van der Waals surface area (Å²) < 4.78 is 5.37. The Balaban J connectivity index is 1.46. The van der Waals surface area contributed by atoms with E-state index in [1.165, 1.54) is 0 Å². The van der Waals surface area contributed by atoms with Gasteiger partial charge in [0.25, 0.3) is 0 Å². The Kier molecular flexibility index (Phi) is 7.09. The van der Waals surface area contributed by atoms with Crippen LogP contribution >= 0.6 is 11.6 Å². The van der Waals surface area contributed by atoms with E-state index in [0.29, 0.717) is 46.1 Å². The highest BCUT2D eigenvalue weighted by atomic mass is 35.5. The van der Waals surface area contributed by atoms with Crippen molar-refractivity contribution < 1.29 is 19.1 Å². The molecule has 2 fully saturated rings. The summed E-state index contributed by atoms with van der Waals surface area (Å²) in [5.74, 6) is -0.484. The number of Topliss-reactive ketones (excluding diaryl/α,β-unsaturated/α-hetero) is 1. The zero-order valence-corrected chi connectivity index (χ0v) is 21.0. The van der Waals surface area contributed by atoms with Crippen LogP contribution in [0.25, 0.3) is 10.9 Å². The number of carbonyl (C=O) groups excluding carboxylic acids is 3. The number of nitrogens with one attached hydrogen (secondary N) is 3. The molecule has 8 nitrogen and oxygen atoms in total. The van der Waals surface area contributed by atoms with E-state index in [2.05, 4.69) is 21.7 Å². The third-order valence-electron chi connectivity index (χ3n) is 6.92. The first-order chi connectivity index (χ1) is 16.6. The molecule has 1 saturated heterocycles. The minimum Gasteiger partial charge on any atom is -0.496 e. The maximum atomic E-state index is 13.2. The number of ketones is 1. The number of aromatic nitrogens is 1. The highest BCUT2D eigenvalue weighted by molar-refractivity contribution is 6.35. The number of methoxy groups -OCH3 is 1.